The standard InChI is InChI=1S/C17H17N3O2/c1-2-8-14-16(13-9-4-3-5-10-13)18-20(17(14)21)15-11-6-7-12-19(15)22/h3-7,9-12,21H,2,8H2,1H3. The smallest absolute Gasteiger partial charge is 0.314 e. The third-order valence-electron chi connectivity index (χ3n) is 3.52. The first-order valence-corrected chi connectivity index (χ1v) is 7.27. The summed E-state index contributed by atoms with van der Waals surface area (Å²) in [6.07, 6.45) is 2.96. The van der Waals surface area contributed by atoms with Gasteiger partial charge in [0.05, 0.1) is 11.8 Å². The number of benzene rings is 1. The molecule has 0 amide bonds. The highest BCUT2D eigenvalue weighted by molar-refractivity contribution is 5.65. The summed E-state index contributed by atoms with van der Waals surface area (Å²) >= 11 is 0. The van der Waals surface area contributed by atoms with E-state index in [1.165, 1.54) is 10.9 Å². The molecule has 2 aromatic heterocycles. The third-order valence-corrected chi connectivity index (χ3v) is 3.52. The maximum absolute atomic E-state index is 11.9. The fourth-order valence-electron chi connectivity index (χ4n) is 2.49. The maximum atomic E-state index is 11.9. The van der Waals surface area contributed by atoms with Gasteiger partial charge in [0, 0.05) is 11.6 Å². The van der Waals surface area contributed by atoms with Crippen LogP contribution in [0.15, 0.2) is 54.7 Å². The molecule has 0 saturated heterocycles. The Morgan fingerprint density at radius 2 is 1.86 bits per heavy atom. The number of hydrogen-bond acceptors (Lipinski definition) is 3. The van der Waals surface area contributed by atoms with Crippen LogP contribution in [-0.2, 0) is 6.42 Å². The van der Waals surface area contributed by atoms with Crippen molar-refractivity contribution in [3.05, 3.63) is 65.5 Å². The zero-order valence-electron chi connectivity index (χ0n) is 12.3. The average Bonchev–Trinajstić information content (AvgIpc) is 2.86. The van der Waals surface area contributed by atoms with Crippen molar-refractivity contribution in [2.45, 2.75) is 19.8 Å². The Balaban J connectivity index is 2.20. The second-order valence-electron chi connectivity index (χ2n) is 5.06. The molecule has 1 aromatic carbocycles. The molecule has 22 heavy (non-hydrogen) atoms. The van der Waals surface area contributed by atoms with Crippen molar-refractivity contribution >= 4 is 0 Å². The highest BCUT2D eigenvalue weighted by Gasteiger charge is 2.25. The third kappa shape index (κ3) is 2.41. The molecule has 0 unspecified atom stereocenters. The fourth-order valence-corrected chi connectivity index (χ4v) is 2.49. The number of hydrogen-bond donors (Lipinski definition) is 1. The summed E-state index contributed by atoms with van der Waals surface area (Å²) in [5.74, 6) is 0.302. The molecule has 0 saturated carbocycles. The van der Waals surface area contributed by atoms with Crippen LogP contribution in [0, 0.1) is 5.21 Å². The van der Waals surface area contributed by atoms with E-state index in [2.05, 4.69) is 5.10 Å². The first-order chi connectivity index (χ1) is 10.7. The van der Waals surface area contributed by atoms with Gasteiger partial charge in [-0.2, -0.15) is 0 Å². The van der Waals surface area contributed by atoms with Gasteiger partial charge in [-0.05, 0) is 12.5 Å². The first kappa shape index (κ1) is 14.1. The van der Waals surface area contributed by atoms with Crippen LogP contribution in [0.3, 0.4) is 0 Å². The molecule has 0 aliphatic heterocycles. The highest BCUT2D eigenvalue weighted by atomic mass is 16.5. The van der Waals surface area contributed by atoms with Crippen LogP contribution in [0.5, 0.6) is 5.88 Å². The maximum Gasteiger partial charge on any atom is 0.314 e. The molecule has 3 rings (SSSR count). The van der Waals surface area contributed by atoms with E-state index >= 15 is 0 Å². The molecule has 0 bridgehead atoms. The van der Waals surface area contributed by atoms with Gasteiger partial charge >= 0.3 is 11.7 Å². The van der Waals surface area contributed by atoms with E-state index in [9.17, 15) is 10.3 Å². The van der Waals surface area contributed by atoms with Crippen LogP contribution in [0.2, 0.25) is 0 Å². The molecule has 112 valence electrons. The molecule has 5 heteroatoms. The topological polar surface area (TPSA) is 65.0 Å². The summed E-state index contributed by atoms with van der Waals surface area (Å²) < 4.78 is 2.00. The van der Waals surface area contributed by atoms with Crippen molar-refractivity contribution in [1.29, 1.82) is 0 Å². The minimum atomic E-state index is 0.0245. The monoisotopic (exact) mass is 295 g/mol. The number of pyridine rings is 1. The minimum Gasteiger partial charge on any atom is -0.711 e. The zero-order valence-corrected chi connectivity index (χ0v) is 12.3. The Morgan fingerprint density at radius 3 is 2.55 bits per heavy atom. The van der Waals surface area contributed by atoms with Crippen molar-refractivity contribution in [3.8, 4) is 23.0 Å². The predicted octanol–water partition coefficient (Wildman–Crippen LogP) is 2.83. The van der Waals surface area contributed by atoms with Crippen LogP contribution in [0.4, 0.5) is 0 Å². The molecule has 0 radical (unpaired) electrons. The lowest BCUT2D eigenvalue weighted by Crippen LogP contribution is -2.31. The second kappa shape index (κ2) is 5.89. The molecule has 2 heterocycles. The molecule has 0 aliphatic rings. The first-order valence-electron chi connectivity index (χ1n) is 7.27. The number of aromatic nitrogens is 3. The Labute approximate surface area is 128 Å². The highest BCUT2D eigenvalue weighted by Crippen LogP contribution is 2.32. The number of rotatable bonds is 4. The van der Waals surface area contributed by atoms with Crippen LogP contribution >= 0.6 is 0 Å². The number of aromatic hydroxyl groups is 1. The van der Waals surface area contributed by atoms with Crippen LogP contribution in [-0.4, -0.2) is 14.9 Å². The average molecular weight is 295 g/mol. The predicted molar refractivity (Wildman–Crippen MR) is 83.6 cm³/mol. The zero-order chi connectivity index (χ0) is 15.5. The van der Waals surface area contributed by atoms with E-state index in [0.29, 0.717) is 16.8 Å². The van der Waals surface area contributed by atoms with Gasteiger partial charge in [-0.1, -0.05) is 59.5 Å². The van der Waals surface area contributed by atoms with E-state index in [1.54, 1.807) is 18.2 Å². The van der Waals surface area contributed by atoms with Gasteiger partial charge in [0.2, 0.25) is 0 Å². The quantitative estimate of drug-likeness (QED) is 0.594. The second-order valence-corrected chi connectivity index (χ2v) is 5.06. The van der Waals surface area contributed by atoms with E-state index in [1.807, 2.05) is 37.3 Å². The Bertz CT molecular complexity index is 782. The van der Waals surface area contributed by atoms with Crippen LogP contribution in [0.25, 0.3) is 17.1 Å². The summed E-state index contributed by atoms with van der Waals surface area (Å²) in [6, 6.07) is 14.7. The van der Waals surface area contributed by atoms with Crippen LogP contribution in [0.1, 0.15) is 18.9 Å². The minimum absolute atomic E-state index is 0.0245. The van der Waals surface area contributed by atoms with Gasteiger partial charge < -0.3 is 10.3 Å². The summed E-state index contributed by atoms with van der Waals surface area (Å²) in [4.78, 5) is 0. The largest absolute Gasteiger partial charge is 0.711 e. The van der Waals surface area contributed by atoms with Crippen molar-refractivity contribution < 1.29 is 9.84 Å². The molecule has 5 nitrogen and oxygen atoms in total. The molecule has 0 aliphatic carbocycles. The van der Waals surface area contributed by atoms with Gasteiger partial charge in [-0.3, -0.25) is 0 Å². The molecule has 0 fully saturated rings. The summed E-state index contributed by atoms with van der Waals surface area (Å²) in [6.45, 7) is 2.04. The van der Waals surface area contributed by atoms with Crippen molar-refractivity contribution in [1.82, 2.24) is 9.78 Å². The van der Waals surface area contributed by atoms with Crippen molar-refractivity contribution in [3.63, 3.8) is 0 Å². The Morgan fingerprint density at radius 1 is 1.14 bits per heavy atom. The lowest BCUT2D eigenvalue weighted by atomic mass is 10.0. The van der Waals surface area contributed by atoms with Crippen LogP contribution < -0.4 is 4.73 Å². The molecular formula is C17H17N3O2. The fraction of sp³-hybridized carbons (Fsp3) is 0.176. The van der Waals surface area contributed by atoms with Gasteiger partial charge in [0.15, 0.2) is 0 Å². The van der Waals surface area contributed by atoms with Gasteiger partial charge in [0.25, 0.3) is 0 Å². The van der Waals surface area contributed by atoms with E-state index in [0.717, 1.165) is 17.5 Å². The van der Waals surface area contributed by atoms with Crippen molar-refractivity contribution in [2.75, 3.05) is 0 Å². The van der Waals surface area contributed by atoms with E-state index in [-0.39, 0.29) is 11.7 Å². The van der Waals surface area contributed by atoms with E-state index < -0.39 is 0 Å². The van der Waals surface area contributed by atoms with E-state index in [4.69, 9.17) is 0 Å². The normalized spacial score (nSPS) is 10.8. The van der Waals surface area contributed by atoms with Crippen molar-refractivity contribution in [2.24, 2.45) is 0 Å². The molecule has 1 N–H and O–H groups in total. The summed E-state index contributed by atoms with van der Waals surface area (Å²) in [7, 11) is 0. The summed E-state index contributed by atoms with van der Waals surface area (Å²) in [5.41, 5.74) is 2.40. The molecule has 3 aromatic rings. The number of nitrogens with zero attached hydrogens (tertiary/aromatic N) is 3. The van der Waals surface area contributed by atoms with Gasteiger partial charge in [-0.25, -0.2) is 4.73 Å². The van der Waals surface area contributed by atoms with Gasteiger partial charge in [-0.15, -0.1) is 0 Å². The SMILES string of the molecule is CCCc1c(-c2ccccc2)nn(-c2cccc[n+]2[O-])c1O. The Kier molecular flexibility index (Phi) is 3.78. The summed E-state index contributed by atoms with van der Waals surface area (Å²) in [5, 5.41) is 26.9. The molecule has 0 atom stereocenters. The molecule has 0 spiro atoms. The molecular weight excluding hydrogens is 278 g/mol. The Hall–Kier alpha value is -2.82. The lowest BCUT2D eigenvalue weighted by molar-refractivity contribution is -0.600. The lowest BCUT2D eigenvalue weighted by Gasteiger charge is -2.05. The van der Waals surface area contributed by atoms with Gasteiger partial charge in [0.1, 0.15) is 5.69 Å².